The smallest absolute Gasteiger partial charge is 0.181 e. The maximum atomic E-state index is 13.0. The van der Waals surface area contributed by atoms with Crippen molar-refractivity contribution in [2.24, 2.45) is 0 Å². The SMILES string of the molecule is Cc1c(N)cccc1S(=O)(=O)C1CCOC2(CCSC2)C1. The first-order chi connectivity index (χ1) is 9.95. The van der Waals surface area contributed by atoms with E-state index in [4.69, 9.17) is 10.5 Å². The second kappa shape index (κ2) is 5.48. The van der Waals surface area contributed by atoms with Crippen molar-refractivity contribution >= 4 is 27.3 Å². The van der Waals surface area contributed by atoms with E-state index in [1.54, 1.807) is 25.1 Å². The van der Waals surface area contributed by atoms with Gasteiger partial charge in [0.25, 0.3) is 0 Å². The normalized spacial score (nSPS) is 29.9. The van der Waals surface area contributed by atoms with E-state index in [0.717, 1.165) is 17.9 Å². The molecule has 0 aromatic heterocycles. The molecular formula is C15H21NO3S2. The second-order valence-electron chi connectivity index (χ2n) is 5.96. The van der Waals surface area contributed by atoms with Gasteiger partial charge in [0.15, 0.2) is 9.84 Å². The zero-order chi connectivity index (χ0) is 15.1. The number of hydrogen-bond acceptors (Lipinski definition) is 5. The molecule has 21 heavy (non-hydrogen) atoms. The van der Waals surface area contributed by atoms with Gasteiger partial charge in [0.2, 0.25) is 0 Å². The number of nitrogen functional groups attached to an aromatic ring is 1. The first kappa shape index (κ1) is 15.2. The molecule has 1 aromatic rings. The molecular weight excluding hydrogens is 306 g/mol. The van der Waals surface area contributed by atoms with E-state index in [2.05, 4.69) is 0 Å². The Morgan fingerprint density at radius 3 is 2.95 bits per heavy atom. The van der Waals surface area contributed by atoms with E-state index >= 15 is 0 Å². The molecule has 0 bridgehead atoms. The van der Waals surface area contributed by atoms with Gasteiger partial charge in [-0.1, -0.05) is 6.07 Å². The average Bonchev–Trinajstić information content (AvgIpc) is 2.89. The Balaban J connectivity index is 1.93. The Morgan fingerprint density at radius 2 is 2.24 bits per heavy atom. The Labute approximate surface area is 130 Å². The van der Waals surface area contributed by atoms with Crippen molar-refractivity contribution in [1.82, 2.24) is 0 Å². The molecule has 2 atom stereocenters. The molecule has 2 fully saturated rings. The van der Waals surface area contributed by atoms with Crippen molar-refractivity contribution in [3.63, 3.8) is 0 Å². The molecule has 3 rings (SSSR count). The highest BCUT2D eigenvalue weighted by Crippen LogP contribution is 2.41. The van der Waals surface area contributed by atoms with Gasteiger partial charge in [-0.15, -0.1) is 0 Å². The van der Waals surface area contributed by atoms with Crippen LogP contribution in [0.4, 0.5) is 5.69 Å². The van der Waals surface area contributed by atoms with Crippen molar-refractivity contribution < 1.29 is 13.2 Å². The van der Waals surface area contributed by atoms with Crippen LogP contribution in [0.1, 0.15) is 24.8 Å². The number of anilines is 1. The van der Waals surface area contributed by atoms with Crippen molar-refractivity contribution in [2.75, 3.05) is 23.8 Å². The molecule has 0 amide bonds. The fourth-order valence-corrected chi connectivity index (χ4v) is 6.71. The summed E-state index contributed by atoms with van der Waals surface area (Å²) in [6.07, 6.45) is 2.14. The largest absolute Gasteiger partial charge is 0.398 e. The van der Waals surface area contributed by atoms with Crippen molar-refractivity contribution in [1.29, 1.82) is 0 Å². The summed E-state index contributed by atoms with van der Waals surface area (Å²) in [4.78, 5) is 0.384. The molecule has 2 N–H and O–H groups in total. The van der Waals surface area contributed by atoms with Crippen LogP contribution < -0.4 is 5.73 Å². The van der Waals surface area contributed by atoms with Crippen LogP contribution in [0.2, 0.25) is 0 Å². The van der Waals surface area contributed by atoms with Crippen LogP contribution in [0.3, 0.4) is 0 Å². The van der Waals surface area contributed by atoms with Crippen molar-refractivity contribution in [3.05, 3.63) is 23.8 Å². The summed E-state index contributed by atoms with van der Waals surface area (Å²) in [5.74, 6) is 1.97. The zero-order valence-electron chi connectivity index (χ0n) is 12.2. The standard InChI is InChI=1S/C15H21NO3S2/c1-11-13(16)3-2-4-14(11)21(17,18)12-5-7-19-15(9-12)6-8-20-10-15/h2-4,12H,5-10,16H2,1H3. The molecule has 2 heterocycles. The van der Waals surface area contributed by atoms with E-state index in [9.17, 15) is 8.42 Å². The molecule has 1 spiro atoms. The minimum atomic E-state index is -3.35. The Morgan fingerprint density at radius 1 is 1.43 bits per heavy atom. The van der Waals surface area contributed by atoms with E-state index in [1.807, 2.05) is 11.8 Å². The van der Waals surface area contributed by atoms with Gasteiger partial charge >= 0.3 is 0 Å². The lowest BCUT2D eigenvalue weighted by Gasteiger charge is -2.37. The van der Waals surface area contributed by atoms with Crippen molar-refractivity contribution in [2.45, 2.75) is 41.9 Å². The molecule has 0 radical (unpaired) electrons. The fourth-order valence-electron chi connectivity index (χ4n) is 3.23. The third-order valence-corrected chi connectivity index (χ3v) is 8.14. The van der Waals surface area contributed by atoms with Crippen molar-refractivity contribution in [3.8, 4) is 0 Å². The predicted octanol–water partition coefficient (Wildman–Crippen LogP) is 2.41. The van der Waals surface area contributed by atoms with Gasteiger partial charge in [-0.3, -0.25) is 0 Å². The summed E-state index contributed by atoms with van der Waals surface area (Å²) in [6.45, 7) is 2.31. The predicted molar refractivity (Wildman–Crippen MR) is 86.4 cm³/mol. The van der Waals surface area contributed by atoms with Crippen LogP contribution in [0.15, 0.2) is 23.1 Å². The Hall–Kier alpha value is -0.720. The van der Waals surface area contributed by atoms with Gasteiger partial charge < -0.3 is 10.5 Å². The van der Waals surface area contributed by atoms with Crippen LogP contribution in [0, 0.1) is 6.92 Å². The quantitative estimate of drug-likeness (QED) is 0.845. The Kier molecular flexibility index (Phi) is 3.96. The molecule has 1 aromatic carbocycles. The van der Waals surface area contributed by atoms with E-state index in [1.165, 1.54) is 0 Å². The lowest BCUT2D eigenvalue weighted by Crippen LogP contribution is -2.44. The number of benzene rings is 1. The number of sulfone groups is 1. The highest BCUT2D eigenvalue weighted by Gasteiger charge is 2.45. The van der Waals surface area contributed by atoms with E-state index in [-0.39, 0.29) is 10.9 Å². The molecule has 6 heteroatoms. The van der Waals surface area contributed by atoms with Gasteiger partial charge in [-0.2, -0.15) is 11.8 Å². The summed E-state index contributed by atoms with van der Waals surface area (Å²) in [5, 5.41) is -0.356. The van der Waals surface area contributed by atoms with Crippen LogP contribution in [-0.2, 0) is 14.6 Å². The van der Waals surface area contributed by atoms with Crippen LogP contribution in [0.5, 0.6) is 0 Å². The van der Waals surface area contributed by atoms with Gasteiger partial charge in [0.1, 0.15) is 0 Å². The lowest BCUT2D eigenvalue weighted by atomic mass is 9.93. The minimum Gasteiger partial charge on any atom is -0.398 e. The number of thioether (sulfide) groups is 1. The molecule has 2 unspecified atom stereocenters. The summed E-state index contributed by atoms with van der Waals surface area (Å²) < 4.78 is 31.9. The summed E-state index contributed by atoms with van der Waals surface area (Å²) >= 11 is 1.85. The lowest BCUT2D eigenvalue weighted by molar-refractivity contribution is -0.0572. The third kappa shape index (κ3) is 2.69. The maximum absolute atomic E-state index is 13.0. The first-order valence-electron chi connectivity index (χ1n) is 7.25. The molecule has 0 aliphatic carbocycles. The number of nitrogens with two attached hydrogens (primary N) is 1. The maximum Gasteiger partial charge on any atom is 0.181 e. The summed E-state index contributed by atoms with van der Waals surface area (Å²) in [6, 6.07) is 5.13. The van der Waals surface area contributed by atoms with Gasteiger partial charge in [0, 0.05) is 18.0 Å². The number of hydrogen-bond donors (Lipinski definition) is 1. The third-order valence-electron chi connectivity index (χ3n) is 4.59. The second-order valence-corrected chi connectivity index (χ2v) is 9.27. The van der Waals surface area contributed by atoms with Gasteiger partial charge in [-0.25, -0.2) is 8.42 Å². The Bertz CT molecular complexity index is 636. The molecule has 2 aliphatic heterocycles. The molecule has 116 valence electrons. The zero-order valence-corrected chi connectivity index (χ0v) is 13.8. The summed E-state index contributed by atoms with van der Waals surface area (Å²) in [7, 11) is -3.35. The van der Waals surface area contributed by atoms with E-state index < -0.39 is 9.84 Å². The molecule has 2 aliphatic rings. The monoisotopic (exact) mass is 327 g/mol. The highest BCUT2D eigenvalue weighted by atomic mass is 32.2. The van der Waals surface area contributed by atoms with Gasteiger partial charge in [-0.05, 0) is 49.6 Å². The van der Waals surface area contributed by atoms with E-state index in [0.29, 0.717) is 35.6 Å². The topological polar surface area (TPSA) is 69.4 Å². The molecule has 0 saturated carbocycles. The first-order valence-corrected chi connectivity index (χ1v) is 9.95. The highest BCUT2D eigenvalue weighted by molar-refractivity contribution is 7.99. The number of rotatable bonds is 2. The summed E-state index contributed by atoms with van der Waals surface area (Å²) in [5.41, 5.74) is 6.84. The minimum absolute atomic E-state index is 0.227. The van der Waals surface area contributed by atoms with Crippen LogP contribution >= 0.6 is 11.8 Å². The average molecular weight is 327 g/mol. The molecule has 4 nitrogen and oxygen atoms in total. The number of ether oxygens (including phenoxy) is 1. The molecule has 2 saturated heterocycles. The fraction of sp³-hybridized carbons (Fsp3) is 0.600. The van der Waals surface area contributed by atoms with Crippen LogP contribution in [0.25, 0.3) is 0 Å². The van der Waals surface area contributed by atoms with Gasteiger partial charge in [0.05, 0.1) is 15.7 Å². The van der Waals surface area contributed by atoms with Crippen LogP contribution in [-0.4, -0.2) is 37.4 Å².